The van der Waals surface area contributed by atoms with Gasteiger partial charge in [-0.15, -0.1) is 0 Å². The summed E-state index contributed by atoms with van der Waals surface area (Å²) in [5.74, 6) is -0.998. The van der Waals surface area contributed by atoms with E-state index in [9.17, 15) is 14.7 Å². The second-order valence-electron chi connectivity index (χ2n) is 5.83. The molecule has 1 unspecified atom stereocenters. The first-order valence-electron chi connectivity index (χ1n) is 7.60. The number of carbonyl (C=O) groups is 2. The van der Waals surface area contributed by atoms with Gasteiger partial charge in [0, 0.05) is 16.7 Å². The van der Waals surface area contributed by atoms with Crippen LogP contribution in [-0.2, 0) is 4.79 Å². The number of ketones is 1. The van der Waals surface area contributed by atoms with Gasteiger partial charge >= 0.3 is 5.97 Å². The van der Waals surface area contributed by atoms with E-state index in [4.69, 9.17) is 4.74 Å². The maximum absolute atomic E-state index is 12.9. The first-order chi connectivity index (χ1) is 11.0. The molecule has 0 aromatic heterocycles. The maximum Gasteiger partial charge on any atom is 0.311 e. The third-order valence-corrected chi connectivity index (χ3v) is 4.36. The van der Waals surface area contributed by atoms with Crippen molar-refractivity contribution in [3.63, 3.8) is 0 Å². The Balaban J connectivity index is 2.18. The SMILES string of the molecule is Cc1cc2c(c(C)c1C(=O)c1ccccc1)C(C(=O)O)CCO2. The normalized spacial score (nSPS) is 16.3. The maximum atomic E-state index is 12.9. The first kappa shape index (κ1) is 15.3. The summed E-state index contributed by atoms with van der Waals surface area (Å²) in [6.07, 6.45) is 0.422. The van der Waals surface area contributed by atoms with Crippen LogP contribution in [0.1, 0.15) is 45.0 Å². The Bertz CT molecular complexity index is 778. The van der Waals surface area contributed by atoms with Crippen LogP contribution in [0.2, 0.25) is 0 Å². The molecule has 118 valence electrons. The molecule has 0 saturated heterocycles. The van der Waals surface area contributed by atoms with Crippen molar-refractivity contribution in [2.45, 2.75) is 26.2 Å². The summed E-state index contributed by atoms with van der Waals surface area (Å²) in [5.41, 5.74) is 3.32. The van der Waals surface area contributed by atoms with E-state index in [1.54, 1.807) is 18.2 Å². The molecular weight excluding hydrogens is 292 g/mol. The van der Waals surface area contributed by atoms with Crippen molar-refractivity contribution < 1.29 is 19.4 Å². The van der Waals surface area contributed by atoms with Gasteiger partial charge in [0.15, 0.2) is 5.78 Å². The van der Waals surface area contributed by atoms with Crippen LogP contribution in [-0.4, -0.2) is 23.5 Å². The predicted octanol–water partition coefficient (Wildman–Crippen LogP) is 3.49. The van der Waals surface area contributed by atoms with Crippen LogP contribution >= 0.6 is 0 Å². The Morgan fingerprint density at radius 3 is 2.52 bits per heavy atom. The van der Waals surface area contributed by atoms with Gasteiger partial charge in [-0.05, 0) is 37.5 Å². The van der Waals surface area contributed by atoms with Crippen molar-refractivity contribution in [2.24, 2.45) is 0 Å². The molecule has 0 spiro atoms. The number of aryl methyl sites for hydroxylation is 1. The van der Waals surface area contributed by atoms with Crippen LogP contribution in [0.5, 0.6) is 5.75 Å². The highest BCUT2D eigenvalue weighted by Gasteiger charge is 2.32. The van der Waals surface area contributed by atoms with E-state index in [0.29, 0.717) is 41.0 Å². The quantitative estimate of drug-likeness (QED) is 0.882. The fourth-order valence-electron chi connectivity index (χ4n) is 3.28. The van der Waals surface area contributed by atoms with Gasteiger partial charge in [-0.25, -0.2) is 0 Å². The monoisotopic (exact) mass is 310 g/mol. The van der Waals surface area contributed by atoms with Crippen LogP contribution in [0.4, 0.5) is 0 Å². The van der Waals surface area contributed by atoms with Gasteiger partial charge in [-0.3, -0.25) is 9.59 Å². The number of rotatable bonds is 3. The molecule has 1 aliphatic heterocycles. The Morgan fingerprint density at radius 1 is 1.17 bits per heavy atom. The fourth-order valence-corrected chi connectivity index (χ4v) is 3.28. The van der Waals surface area contributed by atoms with E-state index in [0.717, 1.165) is 5.56 Å². The average molecular weight is 310 g/mol. The van der Waals surface area contributed by atoms with Gasteiger partial charge in [0.25, 0.3) is 0 Å². The number of hydrogen-bond donors (Lipinski definition) is 1. The molecule has 0 amide bonds. The molecular formula is C19H18O4. The van der Waals surface area contributed by atoms with Crippen LogP contribution < -0.4 is 4.74 Å². The molecule has 3 rings (SSSR count). The molecule has 0 fully saturated rings. The molecule has 1 N–H and O–H groups in total. The van der Waals surface area contributed by atoms with Gasteiger partial charge in [-0.1, -0.05) is 30.3 Å². The van der Waals surface area contributed by atoms with Gasteiger partial charge < -0.3 is 9.84 Å². The lowest BCUT2D eigenvalue weighted by atomic mass is 9.83. The van der Waals surface area contributed by atoms with Crippen LogP contribution in [0.15, 0.2) is 36.4 Å². The summed E-state index contributed by atoms with van der Waals surface area (Å²) in [6.45, 7) is 4.05. The van der Waals surface area contributed by atoms with Crippen molar-refractivity contribution in [3.05, 3.63) is 64.2 Å². The summed E-state index contributed by atoms with van der Waals surface area (Å²) in [4.78, 5) is 24.4. The molecule has 1 heterocycles. The van der Waals surface area contributed by atoms with Crippen LogP contribution in [0.3, 0.4) is 0 Å². The van der Waals surface area contributed by atoms with Gasteiger partial charge in [0.2, 0.25) is 0 Å². The topological polar surface area (TPSA) is 63.6 Å². The minimum absolute atomic E-state index is 0.0851. The molecule has 1 aliphatic rings. The minimum atomic E-state index is -0.875. The Morgan fingerprint density at radius 2 is 1.87 bits per heavy atom. The Hall–Kier alpha value is -2.62. The number of benzene rings is 2. The van der Waals surface area contributed by atoms with Crippen LogP contribution in [0.25, 0.3) is 0 Å². The number of hydrogen-bond acceptors (Lipinski definition) is 3. The van der Waals surface area contributed by atoms with E-state index in [2.05, 4.69) is 0 Å². The molecule has 1 atom stereocenters. The van der Waals surface area contributed by atoms with Crippen molar-refractivity contribution in [2.75, 3.05) is 6.61 Å². The molecule has 23 heavy (non-hydrogen) atoms. The first-order valence-corrected chi connectivity index (χ1v) is 7.60. The standard InChI is InChI=1S/C19H18O4/c1-11-10-15-17(14(19(21)22)8-9-23-15)12(2)16(11)18(20)13-6-4-3-5-7-13/h3-7,10,14H,8-9H2,1-2H3,(H,21,22). The van der Waals surface area contributed by atoms with E-state index in [1.807, 2.05) is 32.0 Å². The molecule has 0 radical (unpaired) electrons. The molecule has 2 aromatic rings. The number of aliphatic carboxylic acids is 1. The summed E-state index contributed by atoms with van der Waals surface area (Å²) < 4.78 is 5.63. The lowest BCUT2D eigenvalue weighted by Crippen LogP contribution is -2.23. The van der Waals surface area contributed by atoms with Gasteiger partial charge in [-0.2, -0.15) is 0 Å². The molecule has 4 heteroatoms. The third kappa shape index (κ3) is 2.61. The summed E-state index contributed by atoms with van der Waals surface area (Å²) in [7, 11) is 0. The fraction of sp³-hybridized carbons (Fsp3) is 0.263. The smallest absolute Gasteiger partial charge is 0.311 e. The number of fused-ring (bicyclic) bond motifs is 1. The van der Waals surface area contributed by atoms with Gasteiger partial charge in [0.1, 0.15) is 5.75 Å². The Kier molecular flexibility index (Phi) is 3.90. The highest BCUT2D eigenvalue weighted by atomic mass is 16.5. The zero-order chi connectivity index (χ0) is 16.6. The van der Waals surface area contributed by atoms with Crippen LogP contribution in [0, 0.1) is 13.8 Å². The molecule has 2 aromatic carbocycles. The molecule has 0 saturated carbocycles. The largest absolute Gasteiger partial charge is 0.493 e. The third-order valence-electron chi connectivity index (χ3n) is 4.36. The van der Waals surface area contributed by atoms with E-state index >= 15 is 0 Å². The number of carboxylic acid groups (broad SMARTS) is 1. The number of carboxylic acids is 1. The van der Waals surface area contributed by atoms with Gasteiger partial charge in [0.05, 0.1) is 12.5 Å². The second kappa shape index (κ2) is 5.88. The number of ether oxygens (including phenoxy) is 1. The van der Waals surface area contributed by atoms with Crippen molar-refractivity contribution in [3.8, 4) is 5.75 Å². The highest BCUT2D eigenvalue weighted by Crippen LogP contribution is 2.39. The van der Waals surface area contributed by atoms with E-state index in [1.165, 1.54) is 0 Å². The zero-order valence-corrected chi connectivity index (χ0v) is 13.1. The number of carbonyl (C=O) groups excluding carboxylic acids is 1. The lowest BCUT2D eigenvalue weighted by Gasteiger charge is -2.27. The van der Waals surface area contributed by atoms with Crippen molar-refractivity contribution in [1.29, 1.82) is 0 Å². The lowest BCUT2D eigenvalue weighted by molar-refractivity contribution is -0.139. The summed E-state index contributed by atoms with van der Waals surface area (Å²) >= 11 is 0. The second-order valence-corrected chi connectivity index (χ2v) is 5.83. The van der Waals surface area contributed by atoms with E-state index < -0.39 is 11.9 Å². The molecule has 0 bridgehead atoms. The average Bonchev–Trinajstić information content (AvgIpc) is 2.54. The Labute approximate surface area is 134 Å². The predicted molar refractivity (Wildman–Crippen MR) is 86.3 cm³/mol. The molecule has 4 nitrogen and oxygen atoms in total. The van der Waals surface area contributed by atoms with E-state index in [-0.39, 0.29) is 5.78 Å². The summed E-state index contributed by atoms with van der Waals surface area (Å²) in [5, 5.41) is 9.48. The van der Waals surface area contributed by atoms with Crippen molar-refractivity contribution in [1.82, 2.24) is 0 Å². The zero-order valence-electron chi connectivity index (χ0n) is 13.1. The summed E-state index contributed by atoms with van der Waals surface area (Å²) in [6, 6.07) is 10.8. The highest BCUT2D eigenvalue weighted by molar-refractivity contribution is 6.11. The molecule has 0 aliphatic carbocycles. The minimum Gasteiger partial charge on any atom is -0.493 e. The van der Waals surface area contributed by atoms with Crippen molar-refractivity contribution >= 4 is 11.8 Å².